The van der Waals surface area contributed by atoms with Crippen molar-refractivity contribution in [2.24, 2.45) is 0 Å². The molecule has 0 amide bonds. The fourth-order valence-corrected chi connectivity index (χ4v) is 9.86. The Balaban J connectivity index is 1.14. The number of benzene rings is 5. The van der Waals surface area contributed by atoms with Gasteiger partial charge >= 0.3 is 0 Å². The molecule has 59 heavy (non-hydrogen) atoms. The van der Waals surface area contributed by atoms with E-state index in [4.69, 9.17) is 19.4 Å². The number of aromatic nitrogens is 6. The number of hydrogen-bond donors (Lipinski definition) is 0. The van der Waals surface area contributed by atoms with Crippen LogP contribution in [-0.2, 0) is 0 Å². The van der Waals surface area contributed by atoms with Crippen LogP contribution in [0.3, 0.4) is 0 Å². The van der Waals surface area contributed by atoms with Gasteiger partial charge in [0.05, 0.1) is 55.5 Å². The minimum atomic E-state index is 0.277. The second kappa shape index (κ2) is 12.1. The molecule has 1 aliphatic rings. The highest BCUT2D eigenvalue weighted by molar-refractivity contribution is 6.15. The van der Waals surface area contributed by atoms with Gasteiger partial charge in [0.1, 0.15) is 0 Å². The average Bonchev–Trinajstić information content (AvgIpc) is 4.03. The first-order valence-electron chi connectivity index (χ1n) is 20.2. The number of fused-ring (bicyclic) bond motifs is 12. The van der Waals surface area contributed by atoms with Crippen molar-refractivity contribution in [3.8, 4) is 28.2 Å². The first-order chi connectivity index (χ1) is 29.2. The highest BCUT2D eigenvalue weighted by atomic mass is 16.3. The van der Waals surface area contributed by atoms with Crippen LogP contribution in [0.5, 0.6) is 0 Å². The Morgan fingerprint density at radius 1 is 0.492 bits per heavy atom. The molecule has 0 bridgehead atoms. The quantitative estimate of drug-likeness (QED) is 0.179. The van der Waals surface area contributed by atoms with Gasteiger partial charge in [0.15, 0.2) is 11.2 Å². The summed E-state index contributed by atoms with van der Waals surface area (Å²) in [5, 5.41) is 4.32. The van der Waals surface area contributed by atoms with Crippen molar-refractivity contribution in [1.29, 1.82) is 0 Å². The van der Waals surface area contributed by atoms with Crippen molar-refractivity contribution >= 4 is 82.9 Å². The second-order valence-corrected chi connectivity index (χ2v) is 15.7. The van der Waals surface area contributed by atoms with E-state index in [0.29, 0.717) is 0 Å². The molecule has 0 N–H and O–H groups in total. The zero-order chi connectivity index (χ0) is 38.8. The minimum absolute atomic E-state index is 0.277. The largest absolute Gasteiger partial charge is 0.452 e. The lowest BCUT2D eigenvalue weighted by Crippen LogP contribution is -2.07. The van der Waals surface area contributed by atoms with Crippen LogP contribution in [0.2, 0.25) is 0 Å². The molecule has 278 valence electrons. The molecular formula is C52H34N6O. The molecule has 0 radical (unpaired) electrons. The molecule has 1 unspecified atom stereocenters. The van der Waals surface area contributed by atoms with Crippen LogP contribution >= 0.6 is 0 Å². The first-order valence-corrected chi connectivity index (χ1v) is 20.2. The summed E-state index contributed by atoms with van der Waals surface area (Å²) in [6, 6.07) is 49.5. The van der Waals surface area contributed by atoms with Crippen LogP contribution in [-0.4, -0.2) is 28.7 Å². The van der Waals surface area contributed by atoms with E-state index in [9.17, 15) is 0 Å². The Kier molecular flexibility index (Phi) is 6.64. The summed E-state index contributed by atoms with van der Waals surface area (Å²) < 4.78 is 14.3. The van der Waals surface area contributed by atoms with Gasteiger partial charge in [-0.25, -0.2) is 0 Å². The highest BCUT2D eigenvalue weighted by Crippen LogP contribution is 2.45. The lowest BCUT2D eigenvalue weighted by Gasteiger charge is -2.20. The fraction of sp³-hybridized carbons (Fsp3) is 0.0577. The van der Waals surface area contributed by atoms with E-state index >= 15 is 0 Å². The molecule has 0 saturated carbocycles. The van der Waals surface area contributed by atoms with Gasteiger partial charge in [-0.05, 0) is 102 Å². The van der Waals surface area contributed by atoms with Gasteiger partial charge in [-0.3, -0.25) is 15.0 Å². The van der Waals surface area contributed by atoms with Gasteiger partial charge in [-0.2, -0.15) is 0 Å². The average molecular weight is 759 g/mol. The molecule has 1 atom stereocenters. The minimum Gasteiger partial charge on any atom is -0.452 e. The Bertz CT molecular complexity index is 3680. The summed E-state index contributed by atoms with van der Waals surface area (Å²) in [7, 11) is 0. The van der Waals surface area contributed by atoms with Crippen LogP contribution < -0.4 is 0 Å². The van der Waals surface area contributed by atoms with Gasteiger partial charge in [0.2, 0.25) is 0 Å². The van der Waals surface area contributed by atoms with E-state index in [2.05, 4.69) is 154 Å². The van der Waals surface area contributed by atoms with Crippen LogP contribution in [0.25, 0.3) is 111 Å². The lowest BCUT2D eigenvalue weighted by molar-refractivity contribution is 0.659. The fourth-order valence-electron chi connectivity index (χ4n) is 9.86. The van der Waals surface area contributed by atoms with Crippen molar-refractivity contribution in [3.05, 3.63) is 175 Å². The summed E-state index contributed by atoms with van der Waals surface area (Å²) in [6.07, 6.45) is 11.1. The summed E-state index contributed by atoms with van der Waals surface area (Å²) in [5.41, 5.74) is 17.7. The normalized spacial score (nSPS) is 14.2. The molecular weight excluding hydrogens is 725 g/mol. The maximum absolute atomic E-state index is 7.29. The third kappa shape index (κ3) is 4.49. The van der Waals surface area contributed by atoms with Crippen molar-refractivity contribution in [2.45, 2.75) is 19.3 Å². The number of pyridine rings is 3. The third-order valence-corrected chi connectivity index (χ3v) is 12.4. The van der Waals surface area contributed by atoms with Gasteiger partial charge in [0.25, 0.3) is 0 Å². The van der Waals surface area contributed by atoms with Crippen molar-refractivity contribution < 1.29 is 4.42 Å². The van der Waals surface area contributed by atoms with Crippen LogP contribution in [0.1, 0.15) is 30.5 Å². The van der Waals surface area contributed by atoms with Gasteiger partial charge in [0, 0.05) is 63.0 Å². The summed E-state index contributed by atoms with van der Waals surface area (Å²) in [6.45, 7) is 2.31. The van der Waals surface area contributed by atoms with Gasteiger partial charge in [-0.15, -0.1) is 0 Å². The Morgan fingerprint density at radius 2 is 1.14 bits per heavy atom. The number of rotatable bonds is 4. The maximum atomic E-state index is 7.29. The molecule has 7 heteroatoms. The number of para-hydroxylation sites is 3. The zero-order valence-corrected chi connectivity index (χ0v) is 32.0. The van der Waals surface area contributed by atoms with E-state index in [-0.39, 0.29) is 5.92 Å². The predicted molar refractivity (Wildman–Crippen MR) is 240 cm³/mol. The molecule has 13 rings (SSSR count). The topological polar surface area (TPSA) is 66.6 Å². The molecule has 0 fully saturated rings. The number of allylic oxidation sites excluding steroid dienone is 1. The van der Waals surface area contributed by atoms with E-state index in [1.807, 2.05) is 36.8 Å². The number of nitrogens with zero attached hydrogens (tertiary/aromatic N) is 6. The van der Waals surface area contributed by atoms with E-state index in [0.717, 1.165) is 111 Å². The molecule has 0 spiro atoms. The number of furan rings is 1. The molecule has 7 aromatic heterocycles. The summed E-state index contributed by atoms with van der Waals surface area (Å²) >= 11 is 0. The Hall–Kier alpha value is -7.77. The second-order valence-electron chi connectivity index (χ2n) is 15.7. The van der Waals surface area contributed by atoms with Gasteiger partial charge in [-0.1, -0.05) is 73.7 Å². The van der Waals surface area contributed by atoms with Crippen molar-refractivity contribution in [2.75, 3.05) is 0 Å². The molecule has 5 aromatic carbocycles. The Labute approximate surface area is 337 Å². The van der Waals surface area contributed by atoms with Crippen LogP contribution in [0.15, 0.2) is 169 Å². The van der Waals surface area contributed by atoms with E-state index < -0.39 is 0 Å². The Morgan fingerprint density at radius 3 is 1.97 bits per heavy atom. The third-order valence-electron chi connectivity index (χ3n) is 12.4. The maximum Gasteiger partial charge on any atom is 0.159 e. The summed E-state index contributed by atoms with van der Waals surface area (Å²) in [4.78, 5) is 14.7. The monoisotopic (exact) mass is 758 g/mol. The molecule has 12 aromatic rings. The molecule has 0 saturated heterocycles. The van der Waals surface area contributed by atoms with Crippen LogP contribution in [0.4, 0.5) is 0 Å². The lowest BCUT2D eigenvalue weighted by atomic mass is 9.94. The first kappa shape index (κ1) is 32.3. The van der Waals surface area contributed by atoms with Crippen LogP contribution in [0, 0.1) is 0 Å². The highest BCUT2D eigenvalue weighted by Gasteiger charge is 2.28. The van der Waals surface area contributed by atoms with E-state index in [1.54, 1.807) is 0 Å². The SMILES string of the molecule is CC1CC=Cc2c1n(-c1cc(-c3ccc4c(c3)c3ncccc3n4-c3ccccc3)cc3c1oc1c(-n4c5ccccc5c5ncccc54)cccc13)c1cccnc21. The molecule has 1 aliphatic carbocycles. The van der Waals surface area contributed by atoms with Crippen molar-refractivity contribution in [3.63, 3.8) is 0 Å². The summed E-state index contributed by atoms with van der Waals surface area (Å²) in [5.74, 6) is 0.277. The number of hydrogen-bond acceptors (Lipinski definition) is 4. The van der Waals surface area contributed by atoms with E-state index in [1.165, 1.54) is 11.3 Å². The predicted octanol–water partition coefficient (Wildman–Crippen LogP) is 13.1. The zero-order valence-electron chi connectivity index (χ0n) is 32.0. The van der Waals surface area contributed by atoms with Crippen molar-refractivity contribution in [1.82, 2.24) is 28.7 Å². The molecule has 7 heterocycles. The molecule has 7 nitrogen and oxygen atoms in total. The molecule has 0 aliphatic heterocycles. The van der Waals surface area contributed by atoms with Gasteiger partial charge < -0.3 is 18.1 Å². The standard InChI is InChI=1S/C52H34N6O/c1-31-12-7-17-37-48-44(22-11-26-54-48)58(50(31)37)46-30-33(32-23-24-41-39(28-32)49-42(20-9-27-55-49)56(41)34-13-3-2-4-14-34)29-38-35-16-8-19-45(51(35)59-52(38)46)57-40-18-6-5-15-36(40)47-43(57)21-10-25-53-47/h2-11,13-31H,12H2,1H3. The smallest absolute Gasteiger partial charge is 0.159 e.